The number of aromatic nitrogens is 1. The third-order valence-corrected chi connectivity index (χ3v) is 5.98. The monoisotopic (exact) mass is 494 g/mol. The normalized spacial score (nSPS) is 10.6. The number of rotatable bonds is 8. The van der Waals surface area contributed by atoms with Gasteiger partial charge in [-0.1, -0.05) is 29.5 Å². The minimum Gasteiger partial charge on any atom is -0.423 e. The van der Waals surface area contributed by atoms with Crippen LogP contribution in [-0.2, 0) is 10.9 Å². The van der Waals surface area contributed by atoms with E-state index < -0.39 is 16.9 Å². The maximum Gasteiger partial charge on any atom is 0.343 e. The van der Waals surface area contributed by atoms with E-state index in [1.807, 2.05) is 0 Å². The van der Waals surface area contributed by atoms with E-state index in [0.717, 1.165) is 11.3 Å². The van der Waals surface area contributed by atoms with Gasteiger partial charge in [0.25, 0.3) is 0 Å². The molecule has 34 heavy (non-hydrogen) atoms. The number of thiazole rings is 1. The molecule has 4 aromatic rings. The van der Waals surface area contributed by atoms with Gasteiger partial charge in [-0.15, -0.1) is 0 Å². The van der Waals surface area contributed by atoms with Gasteiger partial charge in [0.15, 0.2) is 5.13 Å². The lowest BCUT2D eigenvalue weighted by atomic mass is 10.1. The molecule has 0 spiro atoms. The average molecular weight is 495 g/mol. The van der Waals surface area contributed by atoms with Gasteiger partial charge in [0.2, 0.25) is 16.7 Å². The standard InChI is InChI=1S/C23H18N4O5S2/c24-21-20(33-23(26-21)25-16-8-10-17(11-9-16)27-34(30)31)19(28)14-6-12-18(13-7-14)32-22(29)15-4-2-1-3-5-15/h1-13,34H,24H2,(H,25,26)(H,27,30,31). The second kappa shape index (κ2) is 10.1. The lowest BCUT2D eigenvalue weighted by molar-refractivity contribution is 0.0734. The Balaban J connectivity index is 1.43. The van der Waals surface area contributed by atoms with Crippen LogP contribution in [0.5, 0.6) is 5.75 Å². The zero-order chi connectivity index (χ0) is 24.1. The molecule has 9 nitrogen and oxygen atoms in total. The fourth-order valence-corrected chi connectivity index (χ4v) is 4.18. The Labute approximate surface area is 200 Å². The van der Waals surface area contributed by atoms with Crippen molar-refractivity contribution in [3.8, 4) is 5.75 Å². The maximum atomic E-state index is 12.9. The first-order valence-electron chi connectivity index (χ1n) is 9.85. The fourth-order valence-electron chi connectivity index (χ4n) is 2.95. The van der Waals surface area contributed by atoms with Crippen molar-refractivity contribution >= 4 is 56.3 Å². The Morgan fingerprint density at radius 1 is 0.853 bits per heavy atom. The summed E-state index contributed by atoms with van der Waals surface area (Å²) in [5.74, 6) is -0.418. The van der Waals surface area contributed by atoms with E-state index >= 15 is 0 Å². The van der Waals surface area contributed by atoms with Gasteiger partial charge >= 0.3 is 5.97 Å². The van der Waals surface area contributed by atoms with Crippen LogP contribution in [0.2, 0.25) is 0 Å². The number of esters is 1. The predicted molar refractivity (Wildman–Crippen MR) is 131 cm³/mol. The van der Waals surface area contributed by atoms with Crippen LogP contribution in [0.3, 0.4) is 0 Å². The molecule has 0 atom stereocenters. The number of carbonyl (C=O) groups excluding carboxylic acids is 2. The summed E-state index contributed by atoms with van der Waals surface area (Å²) in [6, 6.07) is 21.3. The molecule has 4 N–H and O–H groups in total. The number of thiol groups is 1. The minimum absolute atomic E-state index is 0.0821. The summed E-state index contributed by atoms with van der Waals surface area (Å²) < 4.78 is 29.1. The Morgan fingerprint density at radius 3 is 2.15 bits per heavy atom. The highest BCUT2D eigenvalue weighted by atomic mass is 32.2. The highest BCUT2D eigenvalue weighted by molar-refractivity contribution is 7.73. The van der Waals surface area contributed by atoms with Crippen LogP contribution < -0.4 is 20.5 Å². The smallest absolute Gasteiger partial charge is 0.343 e. The molecule has 0 aliphatic carbocycles. The summed E-state index contributed by atoms with van der Waals surface area (Å²) in [4.78, 5) is 29.6. The van der Waals surface area contributed by atoms with Crippen molar-refractivity contribution in [2.75, 3.05) is 15.8 Å². The van der Waals surface area contributed by atoms with Gasteiger partial charge in [-0.2, -0.15) is 0 Å². The first kappa shape index (κ1) is 23.0. The van der Waals surface area contributed by atoms with Crippen molar-refractivity contribution in [2.45, 2.75) is 0 Å². The van der Waals surface area contributed by atoms with Gasteiger partial charge in [0, 0.05) is 16.9 Å². The van der Waals surface area contributed by atoms with Gasteiger partial charge in [-0.05, 0) is 60.7 Å². The van der Waals surface area contributed by atoms with Gasteiger partial charge in [-0.25, -0.2) is 18.2 Å². The Hall–Kier alpha value is -4.22. The van der Waals surface area contributed by atoms with Crippen molar-refractivity contribution < 1.29 is 22.7 Å². The van der Waals surface area contributed by atoms with Gasteiger partial charge in [-0.3, -0.25) is 9.52 Å². The number of hydrogen-bond donors (Lipinski definition) is 4. The molecule has 0 aliphatic rings. The second-order valence-corrected chi connectivity index (χ2v) is 8.65. The van der Waals surface area contributed by atoms with Crippen molar-refractivity contribution in [3.05, 3.63) is 94.9 Å². The molecule has 0 aliphatic heterocycles. The number of hydrogen-bond acceptors (Lipinski definition) is 9. The van der Waals surface area contributed by atoms with Crippen LogP contribution in [0, 0.1) is 0 Å². The molecule has 4 rings (SSSR count). The summed E-state index contributed by atoms with van der Waals surface area (Å²) in [6.45, 7) is 0. The number of carbonyl (C=O) groups is 2. The van der Waals surface area contributed by atoms with E-state index in [-0.39, 0.29) is 16.5 Å². The second-order valence-electron chi connectivity index (χ2n) is 6.91. The van der Waals surface area contributed by atoms with E-state index in [2.05, 4.69) is 15.0 Å². The fraction of sp³-hybridized carbons (Fsp3) is 0. The van der Waals surface area contributed by atoms with E-state index in [1.54, 1.807) is 66.7 Å². The molecule has 3 aromatic carbocycles. The van der Waals surface area contributed by atoms with E-state index in [1.165, 1.54) is 12.1 Å². The van der Waals surface area contributed by atoms with Crippen LogP contribution in [-0.4, -0.2) is 25.2 Å². The largest absolute Gasteiger partial charge is 0.423 e. The molecular weight excluding hydrogens is 476 g/mol. The number of nitrogen functional groups attached to an aromatic ring is 1. The quantitative estimate of drug-likeness (QED) is 0.125. The summed E-state index contributed by atoms with van der Waals surface area (Å²) in [7, 11) is -2.74. The molecule has 1 heterocycles. The molecule has 0 amide bonds. The van der Waals surface area contributed by atoms with Gasteiger partial charge in [0.05, 0.1) is 5.56 Å². The third kappa shape index (κ3) is 5.57. The molecular formula is C23H18N4O5S2. The third-order valence-electron chi connectivity index (χ3n) is 4.55. The highest BCUT2D eigenvalue weighted by Gasteiger charge is 2.18. The van der Waals surface area contributed by atoms with E-state index in [9.17, 15) is 18.0 Å². The van der Waals surface area contributed by atoms with Crippen LogP contribution in [0.15, 0.2) is 78.9 Å². The molecule has 0 unspecified atom stereocenters. The first-order chi connectivity index (χ1) is 16.4. The number of anilines is 4. The van der Waals surface area contributed by atoms with E-state index in [4.69, 9.17) is 10.5 Å². The van der Waals surface area contributed by atoms with Gasteiger partial charge < -0.3 is 15.8 Å². The molecule has 0 bridgehead atoms. The van der Waals surface area contributed by atoms with Crippen LogP contribution in [0.25, 0.3) is 0 Å². The number of nitrogens with one attached hydrogen (secondary N) is 2. The highest BCUT2D eigenvalue weighted by Crippen LogP contribution is 2.30. The van der Waals surface area contributed by atoms with Crippen LogP contribution in [0.4, 0.5) is 22.3 Å². The number of nitrogens with zero attached hydrogens (tertiary/aromatic N) is 1. The van der Waals surface area contributed by atoms with Crippen molar-refractivity contribution in [1.29, 1.82) is 0 Å². The van der Waals surface area contributed by atoms with Gasteiger partial charge in [0.1, 0.15) is 16.4 Å². The van der Waals surface area contributed by atoms with Crippen LogP contribution >= 0.6 is 11.3 Å². The molecule has 11 heteroatoms. The van der Waals surface area contributed by atoms with Crippen molar-refractivity contribution in [1.82, 2.24) is 4.98 Å². The summed E-state index contributed by atoms with van der Waals surface area (Å²) in [6.07, 6.45) is 0. The van der Waals surface area contributed by atoms with Crippen LogP contribution in [0.1, 0.15) is 25.6 Å². The Bertz CT molecular complexity index is 1390. The minimum atomic E-state index is -2.74. The number of ketones is 1. The average Bonchev–Trinajstić information content (AvgIpc) is 3.20. The number of benzene rings is 3. The SMILES string of the molecule is Nc1nc(Nc2ccc(N[SH](=O)=O)cc2)sc1C(=O)c1ccc(OC(=O)c2ccccc2)cc1. The topological polar surface area (TPSA) is 140 Å². The number of nitrogens with two attached hydrogens (primary N) is 1. The Morgan fingerprint density at radius 2 is 1.50 bits per heavy atom. The molecule has 172 valence electrons. The lowest BCUT2D eigenvalue weighted by Gasteiger charge is -2.05. The summed E-state index contributed by atoms with van der Waals surface area (Å²) >= 11 is 1.09. The van der Waals surface area contributed by atoms with Crippen molar-refractivity contribution in [3.63, 3.8) is 0 Å². The summed E-state index contributed by atoms with van der Waals surface area (Å²) in [5.41, 5.74) is 7.82. The van der Waals surface area contributed by atoms with Crippen molar-refractivity contribution in [2.24, 2.45) is 0 Å². The lowest BCUT2D eigenvalue weighted by Crippen LogP contribution is -2.08. The van der Waals surface area contributed by atoms with E-state index in [0.29, 0.717) is 33.4 Å². The maximum absolute atomic E-state index is 12.9. The molecule has 0 fully saturated rings. The first-order valence-corrected chi connectivity index (χ1v) is 11.8. The molecule has 0 saturated heterocycles. The molecule has 1 aromatic heterocycles. The Kier molecular flexibility index (Phi) is 6.85. The number of ether oxygens (including phenoxy) is 1. The zero-order valence-corrected chi connectivity index (χ0v) is 19.1. The molecule has 0 saturated carbocycles. The molecule has 0 radical (unpaired) electrons. The predicted octanol–water partition coefficient (Wildman–Crippen LogP) is 3.86. The summed E-state index contributed by atoms with van der Waals surface area (Å²) in [5, 5.41) is 3.44. The zero-order valence-electron chi connectivity index (χ0n) is 17.4.